The number of hydrogen-bond acceptors (Lipinski definition) is 4. The Hall–Kier alpha value is -1.75. The fourth-order valence-electron chi connectivity index (χ4n) is 2.31. The number of hydrogen-bond donors (Lipinski definition) is 1. The number of rotatable bonds is 6. The van der Waals surface area contributed by atoms with Gasteiger partial charge in [0, 0.05) is 11.6 Å². The van der Waals surface area contributed by atoms with Crippen LogP contribution in [0.25, 0.3) is 11.4 Å². The summed E-state index contributed by atoms with van der Waals surface area (Å²) in [6.45, 7) is 7.18. The number of halogens is 1. The van der Waals surface area contributed by atoms with Gasteiger partial charge in [-0.15, -0.1) is 0 Å². The maximum Gasteiger partial charge on any atom is 0.231 e. The number of nitrogens with zero attached hydrogens (tertiary/aromatic N) is 2. The molecule has 0 amide bonds. The Morgan fingerprint density at radius 3 is 2.55 bits per heavy atom. The van der Waals surface area contributed by atoms with Crippen molar-refractivity contribution in [2.75, 3.05) is 6.54 Å². The third kappa shape index (κ3) is 3.22. The summed E-state index contributed by atoms with van der Waals surface area (Å²) in [5.41, 5.74) is 0.757. The summed E-state index contributed by atoms with van der Waals surface area (Å²) in [6, 6.07) is 6.36. The van der Waals surface area contributed by atoms with Gasteiger partial charge in [0.2, 0.25) is 11.7 Å². The van der Waals surface area contributed by atoms with E-state index in [1.807, 2.05) is 0 Å². The topological polar surface area (TPSA) is 51.0 Å². The molecule has 0 aliphatic carbocycles. The van der Waals surface area contributed by atoms with Crippen molar-refractivity contribution in [2.45, 2.75) is 39.2 Å². The molecule has 1 aromatic carbocycles. The molecule has 1 N–H and O–H groups in total. The van der Waals surface area contributed by atoms with Crippen molar-refractivity contribution in [3.8, 4) is 11.4 Å². The smallest absolute Gasteiger partial charge is 0.231 e. The zero-order chi connectivity index (χ0) is 14.5. The van der Waals surface area contributed by atoms with Gasteiger partial charge in [-0.1, -0.05) is 19.0 Å². The van der Waals surface area contributed by atoms with E-state index in [1.54, 1.807) is 12.1 Å². The second-order valence-corrected chi connectivity index (χ2v) is 4.82. The molecule has 1 aromatic heterocycles. The van der Waals surface area contributed by atoms with Crippen LogP contribution in [0.1, 0.15) is 39.0 Å². The maximum absolute atomic E-state index is 12.9. The van der Waals surface area contributed by atoms with Crippen molar-refractivity contribution in [2.24, 2.45) is 0 Å². The average molecular weight is 277 g/mol. The molecule has 2 aromatic rings. The van der Waals surface area contributed by atoms with E-state index in [-0.39, 0.29) is 17.8 Å². The Morgan fingerprint density at radius 2 is 1.95 bits per heavy atom. The van der Waals surface area contributed by atoms with Gasteiger partial charge in [-0.3, -0.25) is 0 Å². The lowest BCUT2D eigenvalue weighted by atomic mass is 9.98. The molecule has 2 atom stereocenters. The minimum Gasteiger partial charge on any atom is -0.339 e. The molecule has 0 saturated carbocycles. The predicted octanol–water partition coefficient (Wildman–Crippen LogP) is 3.37. The van der Waals surface area contributed by atoms with Gasteiger partial charge in [0.1, 0.15) is 5.82 Å². The van der Waals surface area contributed by atoms with Crippen LogP contribution in [-0.4, -0.2) is 22.7 Å². The Balaban J connectivity index is 2.20. The van der Waals surface area contributed by atoms with E-state index in [0.29, 0.717) is 11.7 Å². The van der Waals surface area contributed by atoms with E-state index in [0.717, 1.165) is 18.5 Å². The van der Waals surface area contributed by atoms with Gasteiger partial charge < -0.3 is 9.84 Å². The molecule has 5 heteroatoms. The van der Waals surface area contributed by atoms with Crippen LogP contribution in [0, 0.1) is 5.82 Å². The fourth-order valence-corrected chi connectivity index (χ4v) is 2.31. The van der Waals surface area contributed by atoms with Crippen molar-refractivity contribution >= 4 is 0 Å². The number of likely N-dealkylation sites (N-methyl/N-ethyl adjacent to an activating group) is 1. The van der Waals surface area contributed by atoms with Crippen molar-refractivity contribution in [1.82, 2.24) is 15.5 Å². The fraction of sp³-hybridized carbons (Fsp3) is 0.467. The average Bonchev–Trinajstić information content (AvgIpc) is 2.90. The molecule has 1 heterocycles. The van der Waals surface area contributed by atoms with Crippen LogP contribution in [0.15, 0.2) is 28.8 Å². The van der Waals surface area contributed by atoms with Gasteiger partial charge in [-0.25, -0.2) is 4.39 Å². The highest BCUT2D eigenvalue weighted by atomic mass is 19.1. The Morgan fingerprint density at radius 1 is 1.25 bits per heavy atom. The summed E-state index contributed by atoms with van der Waals surface area (Å²) in [6.07, 6.45) is 0.916. The first-order valence-corrected chi connectivity index (χ1v) is 6.98. The van der Waals surface area contributed by atoms with E-state index in [4.69, 9.17) is 4.52 Å². The molecule has 0 aliphatic rings. The van der Waals surface area contributed by atoms with Crippen LogP contribution in [-0.2, 0) is 0 Å². The summed E-state index contributed by atoms with van der Waals surface area (Å²) in [4.78, 5) is 4.44. The zero-order valence-electron chi connectivity index (χ0n) is 12.1. The van der Waals surface area contributed by atoms with Gasteiger partial charge in [0.05, 0.1) is 5.92 Å². The minimum atomic E-state index is -0.273. The van der Waals surface area contributed by atoms with Crippen LogP contribution < -0.4 is 5.32 Å². The quantitative estimate of drug-likeness (QED) is 0.879. The van der Waals surface area contributed by atoms with E-state index in [9.17, 15) is 4.39 Å². The van der Waals surface area contributed by atoms with Crippen LogP contribution in [0.5, 0.6) is 0 Å². The predicted molar refractivity (Wildman–Crippen MR) is 75.9 cm³/mol. The lowest BCUT2D eigenvalue weighted by Crippen LogP contribution is -2.31. The standard InChI is InChI=1S/C15H20FN3O/c1-4-13(10(3)17-5-2)15-18-14(19-20-15)11-6-8-12(16)9-7-11/h6-10,13,17H,4-5H2,1-3H3. The summed E-state index contributed by atoms with van der Waals surface area (Å²) in [5.74, 6) is 1.03. The van der Waals surface area contributed by atoms with Gasteiger partial charge in [0.15, 0.2) is 0 Å². The van der Waals surface area contributed by atoms with Crippen LogP contribution in [0.4, 0.5) is 4.39 Å². The van der Waals surface area contributed by atoms with Crippen LogP contribution in [0.3, 0.4) is 0 Å². The Kier molecular flexibility index (Phi) is 4.84. The van der Waals surface area contributed by atoms with Gasteiger partial charge in [0.25, 0.3) is 0 Å². The second-order valence-electron chi connectivity index (χ2n) is 4.82. The van der Waals surface area contributed by atoms with Crippen molar-refractivity contribution in [1.29, 1.82) is 0 Å². The largest absolute Gasteiger partial charge is 0.339 e. The first kappa shape index (κ1) is 14.7. The SMILES string of the molecule is CCNC(C)C(CC)c1nc(-c2ccc(F)cc2)no1. The first-order valence-electron chi connectivity index (χ1n) is 6.98. The maximum atomic E-state index is 12.9. The van der Waals surface area contributed by atoms with Gasteiger partial charge in [-0.05, 0) is 44.2 Å². The Bertz CT molecular complexity index is 538. The zero-order valence-corrected chi connectivity index (χ0v) is 12.1. The molecule has 4 nitrogen and oxygen atoms in total. The summed E-state index contributed by atoms with van der Waals surface area (Å²) >= 11 is 0. The lowest BCUT2D eigenvalue weighted by Gasteiger charge is -2.19. The number of nitrogens with one attached hydrogen (secondary N) is 1. The van der Waals surface area contributed by atoms with E-state index >= 15 is 0 Å². The highest BCUT2D eigenvalue weighted by molar-refractivity contribution is 5.53. The molecule has 0 aliphatic heterocycles. The molecular formula is C15H20FN3O. The number of aromatic nitrogens is 2. The summed E-state index contributed by atoms with van der Waals surface area (Å²) in [7, 11) is 0. The molecule has 0 spiro atoms. The molecule has 0 radical (unpaired) electrons. The molecular weight excluding hydrogens is 257 g/mol. The molecule has 2 unspecified atom stereocenters. The molecule has 0 fully saturated rings. The molecule has 0 saturated heterocycles. The number of benzene rings is 1. The monoisotopic (exact) mass is 277 g/mol. The third-order valence-corrected chi connectivity index (χ3v) is 3.43. The first-order chi connectivity index (χ1) is 9.65. The Labute approximate surface area is 118 Å². The van der Waals surface area contributed by atoms with E-state index in [2.05, 4.69) is 36.2 Å². The normalized spacial score (nSPS) is 14.2. The molecule has 2 rings (SSSR count). The summed E-state index contributed by atoms with van der Waals surface area (Å²) in [5, 5.41) is 7.37. The molecule has 20 heavy (non-hydrogen) atoms. The van der Waals surface area contributed by atoms with Crippen LogP contribution >= 0.6 is 0 Å². The van der Waals surface area contributed by atoms with Crippen molar-refractivity contribution in [3.63, 3.8) is 0 Å². The molecule has 108 valence electrons. The van der Waals surface area contributed by atoms with E-state index < -0.39 is 0 Å². The molecule has 0 bridgehead atoms. The third-order valence-electron chi connectivity index (χ3n) is 3.43. The highest BCUT2D eigenvalue weighted by Crippen LogP contribution is 2.24. The van der Waals surface area contributed by atoms with Gasteiger partial charge >= 0.3 is 0 Å². The van der Waals surface area contributed by atoms with Crippen LogP contribution in [0.2, 0.25) is 0 Å². The van der Waals surface area contributed by atoms with E-state index in [1.165, 1.54) is 12.1 Å². The second kappa shape index (κ2) is 6.61. The lowest BCUT2D eigenvalue weighted by molar-refractivity contribution is 0.318. The van der Waals surface area contributed by atoms with Crippen molar-refractivity contribution < 1.29 is 8.91 Å². The van der Waals surface area contributed by atoms with Gasteiger partial charge in [-0.2, -0.15) is 4.98 Å². The van der Waals surface area contributed by atoms with Crippen molar-refractivity contribution in [3.05, 3.63) is 36.0 Å². The highest BCUT2D eigenvalue weighted by Gasteiger charge is 2.23. The summed E-state index contributed by atoms with van der Waals surface area (Å²) < 4.78 is 18.3. The minimum absolute atomic E-state index is 0.177.